The predicted octanol–water partition coefficient (Wildman–Crippen LogP) is 4.94. The van der Waals surface area contributed by atoms with E-state index >= 15 is 0 Å². The molecule has 4 aromatic carbocycles. The van der Waals surface area contributed by atoms with E-state index in [4.69, 9.17) is 4.74 Å². The molecule has 2 atom stereocenters. The lowest BCUT2D eigenvalue weighted by atomic mass is 9.99. The summed E-state index contributed by atoms with van der Waals surface area (Å²) < 4.78 is 5.24. The lowest BCUT2D eigenvalue weighted by molar-refractivity contribution is -0.159. The maximum atomic E-state index is 14.2. The van der Waals surface area contributed by atoms with Gasteiger partial charge in [0.15, 0.2) is 0 Å². The Balaban J connectivity index is 1.31. The Morgan fingerprint density at radius 3 is 2.36 bits per heavy atom. The summed E-state index contributed by atoms with van der Waals surface area (Å²) in [6.45, 7) is 4.83. The van der Waals surface area contributed by atoms with Crippen molar-refractivity contribution in [1.82, 2.24) is 25.1 Å². The second kappa shape index (κ2) is 12.4. The highest BCUT2D eigenvalue weighted by molar-refractivity contribution is 5.93. The van der Waals surface area contributed by atoms with Gasteiger partial charge in [0.2, 0.25) is 5.91 Å². The van der Waals surface area contributed by atoms with Gasteiger partial charge < -0.3 is 19.9 Å². The van der Waals surface area contributed by atoms with E-state index in [1.807, 2.05) is 103 Å². The summed E-state index contributed by atoms with van der Waals surface area (Å²) in [4.78, 5) is 45.2. The topological polar surface area (TPSA) is 85.4 Å². The van der Waals surface area contributed by atoms with Crippen LogP contribution in [0.5, 0.6) is 5.75 Å². The summed E-state index contributed by atoms with van der Waals surface area (Å²) in [6, 6.07) is 29.9. The molecule has 0 radical (unpaired) electrons. The number of urea groups is 1. The molecule has 2 aliphatic rings. The first-order chi connectivity index (χ1) is 21.4. The van der Waals surface area contributed by atoms with Crippen molar-refractivity contribution in [1.29, 1.82) is 0 Å². The van der Waals surface area contributed by atoms with Gasteiger partial charge in [-0.15, -0.1) is 0 Å². The van der Waals surface area contributed by atoms with Gasteiger partial charge in [-0.3, -0.25) is 14.6 Å². The molecular weight excluding hydrogens is 554 g/mol. The van der Waals surface area contributed by atoms with Crippen molar-refractivity contribution < 1.29 is 19.1 Å². The van der Waals surface area contributed by atoms with Gasteiger partial charge in [0.05, 0.1) is 20.2 Å². The van der Waals surface area contributed by atoms with Crippen molar-refractivity contribution in [2.45, 2.75) is 45.2 Å². The number of ether oxygens (including phenoxy) is 1. The second-order valence-electron chi connectivity index (χ2n) is 11.5. The average molecular weight is 592 g/mol. The molecule has 4 aromatic rings. The van der Waals surface area contributed by atoms with Gasteiger partial charge in [-0.05, 0) is 53.4 Å². The van der Waals surface area contributed by atoms with Crippen molar-refractivity contribution in [2.24, 2.45) is 0 Å². The summed E-state index contributed by atoms with van der Waals surface area (Å²) in [5, 5.41) is 8.67. The van der Waals surface area contributed by atoms with Crippen LogP contribution in [-0.4, -0.2) is 70.1 Å². The third-order valence-corrected chi connectivity index (χ3v) is 8.39. The normalized spacial score (nSPS) is 18.5. The minimum absolute atomic E-state index is 0.00246. The van der Waals surface area contributed by atoms with Gasteiger partial charge >= 0.3 is 6.03 Å². The van der Waals surface area contributed by atoms with Gasteiger partial charge in [0.25, 0.3) is 5.91 Å². The van der Waals surface area contributed by atoms with E-state index in [0.717, 1.165) is 33.2 Å². The fraction of sp³-hybridized carbons (Fsp3) is 0.286. The number of carbonyl (C=O) groups excluding carboxylic acids is 3. The van der Waals surface area contributed by atoms with E-state index in [9.17, 15) is 14.4 Å². The van der Waals surface area contributed by atoms with Gasteiger partial charge in [-0.2, -0.15) is 5.01 Å². The summed E-state index contributed by atoms with van der Waals surface area (Å²) in [6.07, 6.45) is -0.519. The molecule has 9 heteroatoms. The molecule has 0 aliphatic carbocycles. The molecule has 9 nitrogen and oxygen atoms in total. The zero-order valence-corrected chi connectivity index (χ0v) is 25.2. The van der Waals surface area contributed by atoms with E-state index in [-0.39, 0.29) is 37.0 Å². The Hall–Kier alpha value is -4.89. The number of fused-ring (bicyclic) bond motifs is 2. The smallest absolute Gasteiger partial charge is 0.332 e. The van der Waals surface area contributed by atoms with Crippen molar-refractivity contribution in [3.05, 3.63) is 114 Å². The molecule has 0 saturated carbocycles. The maximum Gasteiger partial charge on any atom is 0.332 e. The number of hydrogen-bond donors (Lipinski definition) is 1. The molecule has 2 saturated heterocycles. The Bertz CT molecular complexity index is 1650. The first-order valence-corrected chi connectivity index (χ1v) is 14.9. The number of hydrogen-bond acceptors (Lipinski definition) is 5. The van der Waals surface area contributed by atoms with Gasteiger partial charge in [-0.1, -0.05) is 84.9 Å². The minimum atomic E-state index is -0.793. The Kier molecular flexibility index (Phi) is 8.21. The summed E-state index contributed by atoms with van der Waals surface area (Å²) in [5.74, 6) is 0.429. The predicted molar refractivity (Wildman–Crippen MR) is 168 cm³/mol. The molecule has 0 bridgehead atoms. The first kappa shape index (κ1) is 29.2. The highest BCUT2D eigenvalue weighted by Crippen LogP contribution is 2.37. The summed E-state index contributed by atoms with van der Waals surface area (Å²) >= 11 is 0. The molecule has 0 aromatic heterocycles. The van der Waals surface area contributed by atoms with Crippen LogP contribution in [0.3, 0.4) is 0 Å². The fourth-order valence-corrected chi connectivity index (χ4v) is 6.30. The first-order valence-electron chi connectivity index (χ1n) is 14.9. The summed E-state index contributed by atoms with van der Waals surface area (Å²) in [7, 11) is 1.61. The molecule has 6 rings (SSSR count). The number of rotatable bonds is 8. The number of amides is 4. The molecule has 2 aliphatic heterocycles. The number of piperazine rings is 1. The second-order valence-corrected chi connectivity index (χ2v) is 11.5. The number of benzene rings is 4. The van der Waals surface area contributed by atoms with Crippen molar-refractivity contribution in [2.75, 3.05) is 20.2 Å². The number of methoxy groups -OCH3 is 1. The van der Waals surface area contributed by atoms with Crippen LogP contribution in [0, 0.1) is 0 Å². The van der Waals surface area contributed by atoms with Crippen LogP contribution < -0.4 is 10.1 Å². The molecule has 4 amide bonds. The fourth-order valence-electron chi connectivity index (χ4n) is 6.30. The molecule has 44 heavy (non-hydrogen) atoms. The van der Waals surface area contributed by atoms with E-state index in [2.05, 4.69) is 23.5 Å². The summed E-state index contributed by atoms with van der Waals surface area (Å²) in [5.41, 5.74) is 2.71. The zero-order chi connectivity index (χ0) is 30.8. The SMILES string of the molecule is COc1ccc(CNC(=O)N(C(C)C)N2CC(=O)N3[C@@H](c4ccccc4)C(=O)N(Cc4cccc5ccccc45)C[C@@H]32)cc1. The van der Waals surface area contributed by atoms with E-state index in [0.29, 0.717) is 13.1 Å². The Morgan fingerprint density at radius 1 is 0.932 bits per heavy atom. The van der Waals surface area contributed by atoms with Gasteiger partial charge in [0.1, 0.15) is 18.0 Å². The minimum Gasteiger partial charge on any atom is -0.497 e. The number of nitrogens with zero attached hydrogens (tertiary/aromatic N) is 4. The average Bonchev–Trinajstić information content (AvgIpc) is 3.35. The van der Waals surface area contributed by atoms with Crippen molar-refractivity contribution >= 4 is 28.6 Å². The van der Waals surface area contributed by atoms with Crippen LogP contribution in [0.15, 0.2) is 97.1 Å². The van der Waals surface area contributed by atoms with Crippen LogP contribution in [-0.2, 0) is 22.7 Å². The Labute approximate surface area is 257 Å². The number of nitrogens with one attached hydrogen (secondary N) is 1. The lowest BCUT2D eigenvalue weighted by Gasteiger charge is -2.47. The van der Waals surface area contributed by atoms with E-state index in [1.165, 1.54) is 0 Å². The zero-order valence-electron chi connectivity index (χ0n) is 25.2. The van der Waals surface area contributed by atoms with Crippen LogP contribution in [0.1, 0.15) is 36.6 Å². The third-order valence-electron chi connectivity index (χ3n) is 8.39. The Morgan fingerprint density at radius 2 is 1.64 bits per heavy atom. The van der Waals surface area contributed by atoms with Crippen LogP contribution in [0.2, 0.25) is 0 Å². The quantitative estimate of drug-likeness (QED) is 0.314. The highest BCUT2D eigenvalue weighted by atomic mass is 16.5. The number of carbonyl (C=O) groups is 3. The van der Waals surface area contributed by atoms with Gasteiger partial charge in [-0.25, -0.2) is 4.79 Å². The molecule has 0 unspecified atom stereocenters. The molecule has 1 N–H and O–H groups in total. The number of hydrazine groups is 1. The van der Waals surface area contributed by atoms with Crippen LogP contribution >= 0.6 is 0 Å². The lowest BCUT2D eigenvalue weighted by Crippen LogP contribution is -2.63. The van der Waals surface area contributed by atoms with E-state index < -0.39 is 12.2 Å². The van der Waals surface area contributed by atoms with Crippen molar-refractivity contribution in [3.63, 3.8) is 0 Å². The largest absolute Gasteiger partial charge is 0.497 e. The molecule has 2 fully saturated rings. The molecular formula is C35H37N5O4. The molecule has 2 heterocycles. The van der Waals surface area contributed by atoms with Crippen LogP contribution in [0.4, 0.5) is 4.79 Å². The maximum absolute atomic E-state index is 14.2. The van der Waals surface area contributed by atoms with Gasteiger partial charge in [0, 0.05) is 19.1 Å². The van der Waals surface area contributed by atoms with Crippen molar-refractivity contribution in [3.8, 4) is 5.75 Å². The standard InChI is InChI=1S/C35H37N5O4/c1-24(2)40(35(43)36-20-25-16-18-29(44-3)19-17-25)38-23-32(41)39-31(38)22-37(34(42)33(39)27-11-5-4-6-12-27)21-28-14-9-13-26-10-7-8-15-30(26)28/h4-19,24,31,33H,20-23H2,1-3H3,(H,36,43)/t31-,33+/m1/s1. The van der Waals surface area contributed by atoms with E-state index in [1.54, 1.807) is 17.0 Å². The van der Waals surface area contributed by atoms with Crippen LogP contribution in [0.25, 0.3) is 10.8 Å². The molecule has 0 spiro atoms. The highest BCUT2D eigenvalue weighted by Gasteiger charge is 2.53. The monoisotopic (exact) mass is 591 g/mol. The molecule has 226 valence electrons. The third kappa shape index (κ3) is 5.58.